The van der Waals surface area contributed by atoms with E-state index in [0.29, 0.717) is 11.8 Å². The SMILES string of the molecule is CC(C)(C)c1ccncc1.CC12CCC(c3c1n[n-]c3-c1cc3cnccc3c(-c3[n-]nc4c3C3CCC4(C)C3(C)C)n1)C2(C)C.[Pt+2]. The minimum atomic E-state index is 0. The maximum absolute atomic E-state index is 5.32. The van der Waals surface area contributed by atoms with Crippen LogP contribution in [0.4, 0.5) is 0 Å². The molecule has 4 bridgehead atoms. The Balaban J connectivity index is 0.000000277. The number of aromatic nitrogens is 7. The summed E-state index contributed by atoms with van der Waals surface area (Å²) in [6.07, 6.45) is 12.2. The summed E-state index contributed by atoms with van der Waals surface area (Å²) in [4.78, 5) is 13.7. The second kappa shape index (κ2) is 10.4. The van der Waals surface area contributed by atoms with Gasteiger partial charge in [0.05, 0.1) is 11.4 Å². The van der Waals surface area contributed by atoms with Gasteiger partial charge in [0, 0.05) is 57.8 Å². The van der Waals surface area contributed by atoms with E-state index >= 15 is 0 Å². The zero-order valence-corrected chi connectivity index (χ0v) is 31.3. The number of hydrogen-bond acceptors (Lipinski definition) is 5. The number of hydrogen-bond donors (Lipinski definition) is 0. The first-order valence-electron chi connectivity index (χ1n) is 16.9. The third-order valence-corrected chi connectivity index (χ3v) is 13.4. The number of fused-ring (bicyclic) bond motifs is 11. The summed E-state index contributed by atoms with van der Waals surface area (Å²) in [5.41, 5.74) is 10.8. The molecule has 246 valence electrons. The van der Waals surface area contributed by atoms with Crippen molar-refractivity contribution in [1.82, 2.24) is 35.3 Å². The topological polar surface area (TPSA) is 92.7 Å². The van der Waals surface area contributed by atoms with Gasteiger partial charge in [0.15, 0.2) is 0 Å². The monoisotopic (exact) mass is 806 g/mol. The fourth-order valence-corrected chi connectivity index (χ4v) is 9.59. The molecule has 47 heavy (non-hydrogen) atoms. The summed E-state index contributed by atoms with van der Waals surface area (Å²) in [6, 6.07) is 8.32. The van der Waals surface area contributed by atoms with Crippen molar-refractivity contribution in [3.05, 3.63) is 77.1 Å². The second-order valence-corrected chi connectivity index (χ2v) is 16.9. The average molecular weight is 807 g/mol. The second-order valence-electron chi connectivity index (χ2n) is 16.9. The number of nitrogens with zero attached hydrogens (tertiary/aromatic N) is 7. The van der Waals surface area contributed by atoms with Crippen LogP contribution in [0.5, 0.6) is 0 Å². The Morgan fingerprint density at radius 2 is 1.26 bits per heavy atom. The Morgan fingerprint density at radius 3 is 1.81 bits per heavy atom. The van der Waals surface area contributed by atoms with Crippen molar-refractivity contribution >= 4 is 10.8 Å². The van der Waals surface area contributed by atoms with Gasteiger partial charge in [-0.25, -0.2) is 0 Å². The first kappa shape index (κ1) is 32.4. The fraction of sp³-hybridized carbons (Fsp3) is 0.513. The van der Waals surface area contributed by atoms with Crippen LogP contribution in [0.3, 0.4) is 0 Å². The molecule has 0 saturated heterocycles. The van der Waals surface area contributed by atoms with Crippen LogP contribution >= 0.6 is 0 Å². The van der Waals surface area contributed by atoms with Gasteiger partial charge in [-0.15, -0.1) is 0 Å². The van der Waals surface area contributed by atoms with Crippen molar-refractivity contribution in [2.45, 2.75) is 116 Å². The molecule has 4 aliphatic rings. The third kappa shape index (κ3) is 4.23. The molecule has 0 spiro atoms. The smallest absolute Gasteiger partial charge is 0.573 e. The Bertz CT molecular complexity index is 2000. The van der Waals surface area contributed by atoms with E-state index in [0.717, 1.165) is 33.5 Å². The van der Waals surface area contributed by atoms with Gasteiger partial charge in [0.1, 0.15) is 0 Å². The summed E-state index contributed by atoms with van der Waals surface area (Å²) >= 11 is 0. The van der Waals surface area contributed by atoms with Crippen LogP contribution in [0.1, 0.15) is 128 Å². The van der Waals surface area contributed by atoms with Gasteiger partial charge in [0.2, 0.25) is 0 Å². The minimum Gasteiger partial charge on any atom is -0.573 e. The van der Waals surface area contributed by atoms with Crippen molar-refractivity contribution in [1.29, 1.82) is 0 Å². The summed E-state index contributed by atoms with van der Waals surface area (Å²) in [7, 11) is 0. The number of rotatable bonds is 2. The Labute approximate surface area is 292 Å². The van der Waals surface area contributed by atoms with E-state index in [1.807, 2.05) is 24.8 Å². The third-order valence-electron chi connectivity index (χ3n) is 13.4. The summed E-state index contributed by atoms with van der Waals surface area (Å²) in [6.45, 7) is 21.0. The molecule has 7 nitrogen and oxygen atoms in total. The standard InChI is InChI=1S/C30H32N6.C9H13N.Pt/c1-27(2)17-7-10-29(27,5)25-20(17)23(33-35-25)19-13-15-14-31-12-9-16(15)22(32-19)24-21-18-8-11-30(6,28(18,3)4)26(21)36-34-24;1-9(2,3)8-4-6-10-7-5-8;/h9,12-14,17-18H,7-8,10-11H2,1-6H3;4-7H,1-3H3;/q-2;;+2. The van der Waals surface area contributed by atoms with E-state index in [1.54, 1.807) is 0 Å². The Morgan fingerprint density at radius 1 is 0.723 bits per heavy atom. The van der Waals surface area contributed by atoms with Crippen LogP contribution in [0.15, 0.2) is 49.1 Å². The molecule has 4 unspecified atom stereocenters. The summed E-state index contributed by atoms with van der Waals surface area (Å²) < 4.78 is 0. The van der Waals surface area contributed by atoms with Gasteiger partial charge in [-0.3, -0.25) is 15.0 Å². The van der Waals surface area contributed by atoms with Crippen LogP contribution in [0.2, 0.25) is 0 Å². The van der Waals surface area contributed by atoms with E-state index in [1.165, 1.54) is 53.8 Å². The Hall–Kier alpha value is -3.18. The molecule has 5 aromatic rings. The largest absolute Gasteiger partial charge is 2.00 e. The molecule has 4 atom stereocenters. The normalized spacial score (nSPS) is 27.3. The molecule has 4 aliphatic carbocycles. The first-order chi connectivity index (χ1) is 21.7. The Kier molecular flexibility index (Phi) is 7.17. The maximum atomic E-state index is 5.32. The van der Waals surface area contributed by atoms with E-state index in [2.05, 4.69) is 96.5 Å². The molecular formula is C39H45N7Pt. The van der Waals surface area contributed by atoms with Gasteiger partial charge in [-0.2, -0.15) is 0 Å². The van der Waals surface area contributed by atoms with Gasteiger partial charge < -0.3 is 20.4 Å². The minimum absolute atomic E-state index is 0. The van der Waals surface area contributed by atoms with Gasteiger partial charge in [0.25, 0.3) is 0 Å². The van der Waals surface area contributed by atoms with Crippen molar-refractivity contribution in [2.75, 3.05) is 0 Å². The van der Waals surface area contributed by atoms with E-state index in [9.17, 15) is 0 Å². The summed E-state index contributed by atoms with van der Waals surface area (Å²) in [5, 5.41) is 21.3. The molecule has 9 rings (SSSR count). The fourth-order valence-electron chi connectivity index (χ4n) is 9.59. The first-order valence-corrected chi connectivity index (χ1v) is 16.9. The quantitative estimate of drug-likeness (QED) is 0.177. The maximum Gasteiger partial charge on any atom is 2.00 e. The predicted molar refractivity (Wildman–Crippen MR) is 182 cm³/mol. The molecular weight excluding hydrogens is 762 g/mol. The van der Waals surface area contributed by atoms with Gasteiger partial charge in [-0.05, 0) is 94.7 Å². The van der Waals surface area contributed by atoms with Crippen LogP contribution in [0.25, 0.3) is 33.5 Å². The zero-order chi connectivity index (χ0) is 32.4. The molecule has 0 amide bonds. The average Bonchev–Trinajstić information content (AvgIpc) is 3.81. The molecule has 2 saturated carbocycles. The molecule has 5 heterocycles. The predicted octanol–water partition coefficient (Wildman–Crippen LogP) is 8.39. The van der Waals surface area contributed by atoms with Crippen molar-refractivity contribution < 1.29 is 21.1 Å². The molecule has 5 aromatic heterocycles. The van der Waals surface area contributed by atoms with E-state index in [4.69, 9.17) is 25.4 Å². The van der Waals surface area contributed by atoms with Crippen molar-refractivity contribution in [3.63, 3.8) is 0 Å². The van der Waals surface area contributed by atoms with E-state index < -0.39 is 0 Å². The number of pyridine rings is 3. The molecule has 8 heteroatoms. The molecule has 2 fully saturated rings. The molecule has 0 N–H and O–H groups in total. The van der Waals surface area contributed by atoms with Gasteiger partial charge in [-0.1, -0.05) is 73.7 Å². The molecule has 0 radical (unpaired) electrons. The van der Waals surface area contributed by atoms with E-state index in [-0.39, 0.29) is 48.1 Å². The molecule has 0 aliphatic heterocycles. The van der Waals surface area contributed by atoms with Crippen LogP contribution < -0.4 is 10.2 Å². The zero-order valence-electron chi connectivity index (χ0n) is 29.0. The van der Waals surface area contributed by atoms with Crippen LogP contribution in [0, 0.1) is 10.8 Å². The van der Waals surface area contributed by atoms with Crippen molar-refractivity contribution in [2.24, 2.45) is 10.8 Å². The molecule has 0 aromatic carbocycles. The van der Waals surface area contributed by atoms with Gasteiger partial charge >= 0.3 is 21.1 Å². The van der Waals surface area contributed by atoms with Crippen molar-refractivity contribution in [3.8, 4) is 22.8 Å². The van der Waals surface area contributed by atoms with Crippen LogP contribution in [-0.2, 0) is 37.3 Å². The summed E-state index contributed by atoms with van der Waals surface area (Å²) in [5.74, 6) is 0.932. The van der Waals surface area contributed by atoms with Crippen LogP contribution in [-0.4, -0.2) is 25.1 Å².